The zero-order valence-electron chi connectivity index (χ0n) is 17.0. The van der Waals surface area contributed by atoms with Crippen LogP contribution in [-0.2, 0) is 22.6 Å². The lowest BCUT2D eigenvalue weighted by Gasteiger charge is -2.19. The van der Waals surface area contributed by atoms with Gasteiger partial charge in [-0.25, -0.2) is 0 Å². The number of nitrogens with zero attached hydrogens (tertiary/aromatic N) is 1. The van der Waals surface area contributed by atoms with Gasteiger partial charge in [0.05, 0.1) is 6.42 Å². The van der Waals surface area contributed by atoms with Gasteiger partial charge in [-0.1, -0.05) is 48.5 Å². The maximum absolute atomic E-state index is 12.4. The minimum atomic E-state index is -1.18. The van der Waals surface area contributed by atoms with Crippen LogP contribution in [0.25, 0.3) is 11.1 Å². The molecule has 0 spiro atoms. The highest BCUT2D eigenvalue weighted by atomic mass is 16.5. The van der Waals surface area contributed by atoms with E-state index in [0.717, 1.165) is 40.1 Å². The summed E-state index contributed by atoms with van der Waals surface area (Å²) in [5.41, 5.74) is 10.7. The minimum absolute atomic E-state index is 0.207. The average Bonchev–Trinajstić information content (AvgIpc) is 3.22. The monoisotopic (exact) mass is 416 g/mol. The summed E-state index contributed by atoms with van der Waals surface area (Å²) in [6, 6.07) is 22.8. The first-order valence-electron chi connectivity index (χ1n) is 10.2. The fraction of sp³-hybridized carbons (Fsp3) is 0.200. The largest absolute Gasteiger partial charge is 0.489 e. The molecule has 1 aliphatic rings. The lowest BCUT2D eigenvalue weighted by atomic mass is 10.0. The third-order valence-electron chi connectivity index (χ3n) is 5.42. The Bertz CT molecular complexity index is 1080. The van der Waals surface area contributed by atoms with Gasteiger partial charge in [0.25, 0.3) is 0 Å². The van der Waals surface area contributed by atoms with Gasteiger partial charge in [0.15, 0.2) is 0 Å². The van der Waals surface area contributed by atoms with Crippen molar-refractivity contribution >= 4 is 17.6 Å². The van der Waals surface area contributed by atoms with Gasteiger partial charge in [-0.2, -0.15) is 0 Å². The normalized spacial score (nSPS) is 13.5. The lowest BCUT2D eigenvalue weighted by Crippen LogP contribution is -2.38. The summed E-state index contributed by atoms with van der Waals surface area (Å²) in [5, 5.41) is 8.94. The molecule has 6 nitrogen and oxygen atoms in total. The van der Waals surface area contributed by atoms with Crippen molar-refractivity contribution in [1.82, 2.24) is 0 Å². The Kier molecular flexibility index (Phi) is 6.00. The van der Waals surface area contributed by atoms with Crippen molar-refractivity contribution in [2.45, 2.75) is 25.5 Å². The van der Waals surface area contributed by atoms with Crippen LogP contribution in [0.2, 0.25) is 0 Å². The zero-order chi connectivity index (χ0) is 21.8. The average molecular weight is 416 g/mol. The molecule has 4 rings (SSSR count). The molecule has 3 aromatic rings. The number of hydrogen-bond donors (Lipinski definition) is 2. The fourth-order valence-corrected chi connectivity index (χ4v) is 3.71. The molecule has 1 atom stereocenters. The Labute approximate surface area is 180 Å². The summed E-state index contributed by atoms with van der Waals surface area (Å²) in [7, 11) is 0. The number of fused-ring (bicyclic) bond motifs is 1. The molecule has 0 radical (unpaired) electrons. The van der Waals surface area contributed by atoms with Crippen molar-refractivity contribution in [2.24, 2.45) is 5.73 Å². The number of benzene rings is 3. The highest BCUT2D eigenvalue weighted by Crippen LogP contribution is 2.33. The molecule has 1 amide bonds. The molecule has 0 saturated heterocycles. The van der Waals surface area contributed by atoms with E-state index in [0.29, 0.717) is 13.2 Å². The molecule has 0 aromatic heterocycles. The number of hydrogen-bond acceptors (Lipinski definition) is 4. The summed E-state index contributed by atoms with van der Waals surface area (Å²) in [5.74, 6) is -0.624. The van der Waals surface area contributed by atoms with Gasteiger partial charge in [-0.3, -0.25) is 9.59 Å². The van der Waals surface area contributed by atoms with E-state index < -0.39 is 12.0 Å². The van der Waals surface area contributed by atoms with Crippen molar-refractivity contribution in [3.05, 3.63) is 83.9 Å². The van der Waals surface area contributed by atoms with Gasteiger partial charge < -0.3 is 20.5 Å². The van der Waals surface area contributed by atoms with Crippen LogP contribution in [0.3, 0.4) is 0 Å². The molecule has 3 aromatic carbocycles. The number of nitrogens with two attached hydrogens (primary N) is 1. The van der Waals surface area contributed by atoms with E-state index in [1.165, 1.54) is 0 Å². The maximum atomic E-state index is 12.4. The van der Waals surface area contributed by atoms with E-state index in [1.54, 1.807) is 4.90 Å². The second-order valence-corrected chi connectivity index (χ2v) is 7.59. The summed E-state index contributed by atoms with van der Waals surface area (Å²) in [6.45, 7) is 1.06. The van der Waals surface area contributed by atoms with E-state index in [4.69, 9.17) is 15.6 Å². The Morgan fingerprint density at radius 1 is 1.00 bits per heavy atom. The molecule has 0 aliphatic carbocycles. The van der Waals surface area contributed by atoms with E-state index >= 15 is 0 Å². The number of aliphatic carboxylic acids is 1. The van der Waals surface area contributed by atoms with Crippen LogP contribution in [0.4, 0.5) is 5.69 Å². The van der Waals surface area contributed by atoms with Crippen LogP contribution < -0.4 is 15.4 Å². The molecule has 3 N–H and O–H groups in total. The van der Waals surface area contributed by atoms with E-state index in [1.807, 2.05) is 66.7 Å². The van der Waals surface area contributed by atoms with Crippen LogP contribution >= 0.6 is 0 Å². The van der Waals surface area contributed by atoms with Crippen LogP contribution in [0.1, 0.15) is 17.5 Å². The van der Waals surface area contributed by atoms with Crippen LogP contribution in [0, 0.1) is 0 Å². The smallest absolute Gasteiger partial charge is 0.321 e. The first kappa shape index (κ1) is 20.6. The van der Waals surface area contributed by atoms with Gasteiger partial charge in [-0.05, 0) is 52.9 Å². The van der Waals surface area contributed by atoms with Crippen LogP contribution in [0.15, 0.2) is 72.8 Å². The zero-order valence-corrected chi connectivity index (χ0v) is 17.0. The summed E-state index contributed by atoms with van der Waals surface area (Å²) < 4.78 is 5.85. The van der Waals surface area contributed by atoms with Crippen molar-refractivity contribution in [3.8, 4) is 16.9 Å². The Balaban J connectivity index is 1.43. The number of anilines is 1. The number of ether oxygens (including phenoxy) is 1. The quantitative estimate of drug-likeness (QED) is 0.614. The third-order valence-corrected chi connectivity index (χ3v) is 5.42. The number of carbonyl (C=O) groups is 2. The van der Waals surface area contributed by atoms with Gasteiger partial charge in [-0.15, -0.1) is 0 Å². The third kappa shape index (κ3) is 4.75. The highest BCUT2D eigenvalue weighted by Gasteiger charge is 2.27. The molecule has 6 heteroatoms. The predicted molar refractivity (Wildman–Crippen MR) is 119 cm³/mol. The maximum Gasteiger partial charge on any atom is 0.321 e. The fourth-order valence-electron chi connectivity index (χ4n) is 3.71. The van der Waals surface area contributed by atoms with E-state index in [9.17, 15) is 9.59 Å². The van der Waals surface area contributed by atoms with Crippen LogP contribution in [0.5, 0.6) is 5.75 Å². The topological polar surface area (TPSA) is 92.9 Å². The highest BCUT2D eigenvalue weighted by molar-refractivity contribution is 5.98. The van der Waals surface area contributed by atoms with E-state index in [2.05, 4.69) is 6.07 Å². The number of carboxylic acid groups (broad SMARTS) is 1. The minimum Gasteiger partial charge on any atom is -0.489 e. The first-order chi connectivity index (χ1) is 15.0. The van der Waals surface area contributed by atoms with Crippen LogP contribution in [-0.4, -0.2) is 29.6 Å². The molecule has 158 valence electrons. The van der Waals surface area contributed by atoms with Gasteiger partial charge in [0.2, 0.25) is 5.91 Å². The molecular weight excluding hydrogens is 392 g/mol. The molecule has 31 heavy (non-hydrogen) atoms. The summed E-state index contributed by atoms with van der Waals surface area (Å²) in [6.07, 6.45) is 0.524. The number of amides is 1. The lowest BCUT2D eigenvalue weighted by molar-refractivity contribution is -0.140. The number of carbonyl (C=O) groups excluding carboxylic acids is 1. The Morgan fingerprint density at radius 3 is 2.42 bits per heavy atom. The molecule has 1 heterocycles. The molecule has 0 fully saturated rings. The molecule has 0 unspecified atom stereocenters. The van der Waals surface area contributed by atoms with Crippen molar-refractivity contribution in [1.29, 1.82) is 0 Å². The van der Waals surface area contributed by atoms with Gasteiger partial charge in [0, 0.05) is 12.2 Å². The van der Waals surface area contributed by atoms with Gasteiger partial charge >= 0.3 is 5.97 Å². The Morgan fingerprint density at radius 2 is 1.71 bits per heavy atom. The van der Waals surface area contributed by atoms with Crippen molar-refractivity contribution < 1.29 is 19.4 Å². The molecule has 0 bridgehead atoms. The second kappa shape index (κ2) is 9.02. The summed E-state index contributed by atoms with van der Waals surface area (Å²) in [4.78, 5) is 25.0. The van der Waals surface area contributed by atoms with Gasteiger partial charge in [0.1, 0.15) is 18.4 Å². The predicted octanol–water partition coefficient (Wildman–Crippen LogP) is 3.62. The molecule has 1 aliphatic heterocycles. The number of rotatable bonds is 7. The SMILES string of the molecule is N[C@H](CC(=O)N1CCc2cc(-c3ccc(OCc4ccccc4)cc3)ccc21)C(=O)O. The standard InChI is InChI=1S/C25H24N2O4/c26-22(25(29)30)15-24(28)27-13-12-20-14-19(8-11-23(20)27)18-6-9-21(10-7-18)31-16-17-4-2-1-3-5-17/h1-11,14,22H,12-13,15-16,26H2,(H,29,30)/t22-/m1/s1. The molecule has 0 saturated carbocycles. The summed E-state index contributed by atoms with van der Waals surface area (Å²) >= 11 is 0. The number of carboxylic acids is 1. The molecular formula is C25H24N2O4. The first-order valence-corrected chi connectivity index (χ1v) is 10.2. The second-order valence-electron chi connectivity index (χ2n) is 7.59. The van der Waals surface area contributed by atoms with Crippen molar-refractivity contribution in [2.75, 3.05) is 11.4 Å². The van der Waals surface area contributed by atoms with Crippen molar-refractivity contribution in [3.63, 3.8) is 0 Å². The van der Waals surface area contributed by atoms with E-state index in [-0.39, 0.29) is 12.3 Å². The Hall–Kier alpha value is -3.64.